The zero-order valence-corrected chi connectivity index (χ0v) is 14.1. The van der Waals surface area contributed by atoms with Crippen LogP contribution in [0, 0.1) is 0 Å². The second-order valence-electron chi connectivity index (χ2n) is 3.86. The molecule has 0 atom stereocenters. The minimum atomic E-state index is -3.63. The number of hydrazone groups is 1. The van der Waals surface area contributed by atoms with E-state index in [0.29, 0.717) is 0 Å². The van der Waals surface area contributed by atoms with Crippen molar-refractivity contribution in [3.8, 4) is 0 Å². The predicted molar refractivity (Wildman–Crippen MR) is 86.2 cm³/mol. The Bertz CT molecular complexity index is 711. The molecule has 104 valence electrons. The third kappa shape index (κ3) is 4.16. The summed E-state index contributed by atoms with van der Waals surface area (Å²) in [5.74, 6) is 0. The summed E-state index contributed by atoms with van der Waals surface area (Å²) >= 11 is 6.57. The number of halogens is 2. The number of hydrogen-bond acceptors (Lipinski definition) is 3. The number of nitrogens with one attached hydrogen (secondary N) is 1. The molecule has 2 rings (SSSR count). The molecule has 7 heteroatoms. The van der Waals surface area contributed by atoms with Crippen LogP contribution in [0.3, 0.4) is 0 Å². The average molecular weight is 418 g/mol. The molecular formula is C13H10Br2N2O2S. The maximum atomic E-state index is 11.9. The van der Waals surface area contributed by atoms with Crippen molar-refractivity contribution in [2.75, 3.05) is 0 Å². The lowest BCUT2D eigenvalue weighted by Gasteiger charge is -2.03. The van der Waals surface area contributed by atoms with Crippen LogP contribution in [0.1, 0.15) is 5.56 Å². The molecule has 0 saturated carbocycles. The van der Waals surface area contributed by atoms with Crippen LogP contribution >= 0.6 is 31.9 Å². The van der Waals surface area contributed by atoms with Crippen molar-refractivity contribution in [1.29, 1.82) is 0 Å². The fourth-order valence-corrected chi connectivity index (χ4v) is 2.71. The Morgan fingerprint density at radius 3 is 1.95 bits per heavy atom. The third-order valence-corrected chi connectivity index (χ3v) is 4.68. The van der Waals surface area contributed by atoms with Gasteiger partial charge in [0, 0.05) is 8.95 Å². The Hall–Kier alpha value is -1.18. The van der Waals surface area contributed by atoms with E-state index in [2.05, 4.69) is 41.8 Å². The Morgan fingerprint density at radius 1 is 0.900 bits per heavy atom. The lowest BCUT2D eigenvalue weighted by molar-refractivity contribution is 0.584. The molecule has 1 N–H and O–H groups in total. The van der Waals surface area contributed by atoms with Gasteiger partial charge in [0.1, 0.15) is 0 Å². The fraction of sp³-hybridized carbons (Fsp3) is 0. The van der Waals surface area contributed by atoms with Crippen molar-refractivity contribution in [3.05, 3.63) is 63.0 Å². The normalized spacial score (nSPS) is 11.7. The second kappa shape index (κ2) is 6.51. The van der Waals surface area contributed by atoms with Crippen LogP contribution in [-0.2, 0) is 10.0 Å². The summed E-state index contributed by atoms with van der Waals surface area (Å²) in [7, 11) is -3.63. The maximum absolute atomic E-state index is 11.9. The second-order valence-corrected chi connectivity index (χ2v) is 7.35. The first kappa shape index (κ1) is 15.2. The minimum Gasteiger partial charge on any atom is -0.200 e. The van der Waals surface area contributed by atoms with Gasteiger partial charge < -0.3 is 0 Å². The van der Waals surface area contributed by atoms with E-state index < -0.39 is 10.0 Å². The van der Waals surface area contributed by atoms with Crippen LogP contribution in [0.5, 0.6) is 0 Å². The van der Waals surface area contributed by atoms with Crippen LogP contribution in [0.2, 0.25) is 0 Å². The van der Waals surface area contributed by atoms with Gasteiger partial charge in [-0.05, 0) is 42.0 Å². The maximum Gasteiger partial charge on any atom is 0.276 e. The molecule has 0 radical (unpaired) electrons. The summed E-state index contributed by atoms with van der Waals surface area (Å²) in [6, 6.07) is 13.7. The number of benzene rings is 2. The Labute approximate surface area is 134 Å². The number of hydrogen-bond donors (Lipinski definition) is 1. The first-order valence-electron chi connectivity index (χ1n) is 5.53. The van der Waals surface area contributed by atoms with E-state index in [1.807, 2.05) is 24.3 Å². The van der Waals surface area contributed by atoms with Crippen molar-refractivity contribution in [3.63, 3.8) is 0 Å². The van der Waals surface area contributed by atoms with E-state index >= 15 is 0 Å². The molecule has 0 spiro atoms. The van der Waals surface area contributed by atoms with Crippen molar-refractivity contribution >= 4 is 48.1 Å². The Balaban J connectivity index is 2.09. The monoisotopic (exact) mass is 416 g/mol. The highest BCUT2D eigenvalue weighted by molar-refractivity contribution is 9.10. The van der Waals surface area contributed by atoms with Crippen LogP contribution < -0.4 is 4.83 Å². The van der Waals surface area contributed by atoms with Gasteiger partial charge in [-0.25, -0.2) is 4.83 Å². The van der Waals surface area contributed by atoms with Crippen molar-refractivity contribution < 1.29 is 8.42 Å². The minimum absolute atomic E-state index is 0.161. The quantitative estimate of drug-likeness (QED) is 0.611. The predicted octanol–water partition coefficient (Wildman–Crippen LogP) is 3.52. The number of rotatable bonds is 4. The van der Waals surface area contributed by atoms with Gasteiger partial charge >= 0.3 is 0 Å². The van der Waals surface area contributed by atoms with Crippen LogP contribution in [0.25, 0.3) is 0 Å². The molecule has 0 heterocycles. The van der Waals surface area contributed by atoms with Gasteiger partial charge in [0.15, 0.2) is 0 Å². The zero-order chi connectivity index (χ0) is 14.6. The highest BCUT2D eigenvalue weighted by Gasteiger charge is 2.11. The van der Waals surface area contributed by atoms with Gasteiger partial charge in [0.05, 0.1) is 11.1 Å². The van der Waals surface area contributed by atoms with Crippen molar-refractivity contribution in [2.24, 2.45) is 5.10 Å². The summed E-state index contributed by atoms with van der Waals surface area (Å²) < 4.78 is 25.6. The SMILES string of the molecule is O=S(=O)(NN=Cc1ccc(Br)cc1)c1ccc(Br)cc1. The topological polar surface area (TPSA) is 58.5 Å². The molecule has 0 aliphatic carbocycles. The summed E-state index contributed by atoms with van der Waals surface area (Å²) in [6.07, 6.45) is 1.45. The summed E-state index contributed by atoms with van der Waals surface area (Å²) in [6.45, 7) is 0. The number of nitrogens with zero attached hydrogens (tertiary/aromatic N) is 1. The van der Waals surface area contributed by atoms with Gasteiger partial charge in [-0.15, -0.1) is 0 Å². The molecule has 0 unspecified atom stereocenters. The molecule has 0 saturated heterocycles. The Morgan fingerprint density at radius 2 is 1.40 bits per heavy atom. The van der Waals surface area contributed by atoms with E-state index in [9.17, 15) is 8.42 Å². The van der Waals surface area contributed by atoms with Crippen LogP contribution in [0.4, 0.5) is 0 Å². The molecule has 4 nitrogen and oxygen atoms in total. The molecule has 0 aliphatic rings. The van der Waals surface area contributed by atoms with Gasteiger partial charge in [-0.3, -0.25) is 0 Å². The molecule has 2 aromatic rings. The lowest BCUT2D eigenvalue weighted by Crippen LogP contribution is -2.18. The highest BCUT2D eigenvalue weighted by atomic mass is 79.9. The van der Waals surface area contributed by atoms with Gasteiger partial charge in [0.2, 0.25) is 0 Å². The van der Waals surface area contributed by atoms with Crippen LogP contribution in [-0.4, -0.2) is 14.6 Å². The zero-order valence-electron chi connectivity index (χ0n) is 10.1. The van der Waals surface area contributed by atoms with E-state index in [1.165, 1.54) is 18.3 Å². The lowest BCUT2D eigenvalue weighted by atomic mass is 10.2. The molecule has 0 bridgehead atoms. The highest BCUT2D eigenvalue weighted by Crippen LogP contribution is 2.14. The van der Waals surface area contributed by atoms with E-state index in [0.717, 1.165) is 14.5 Å². The molecule has 2 aromatic carbocycles. The fourth-order valence-electron chi connectivity index (χ4n) is 1.39. The summed E-state index contributed by atoms with van der Waals surface area (Å²) in [4.78, 5) is 2.33. The van der Waals surface area contributed by atoms with Crippen molar-refractivity contribution in [1.82, 2.24) is 4.83 Å². The van der Waals surface area contributed by atoms with Crippen molar-refractivity contribution in [2.45, 2.75) is 4.90 Å². The smallest absolute Gasteiger partial charge is 0.200 e. The van der Waals surface area contributed by atoms with Gasteiger partial charge in [0.25, 0.3) is 10.0 Å². The average Bonchev–Trinajstić information content (AvgIpc) is 2.41. The van der Waals surface area contributed by atoms with Crippen LogP contribution in [0.15, 0.2) is 67.5 Å². The number of sulfonamides is 1. The molecule has 0 aliphatic heterocycles. The first-order valence-corrected chi connectivity index (χ1v) is 8.60. The molecule has 20 heavy (non-hydrogen) atoms. The first-order chi connectivity index (χ1) is 9.47. The molecule has 0 fully saturated rings. The van der Waals surface area contributed by atoms with Gasteiger partial charge in [-0.1, -0.05) is 44.0 Å². The molecular weight excluding hydrogens is 408 g/mol. The largest absolute Gasteiger partial charge is 0.276 e. The molecule has 0 amide bonds. The third-order valence-electron chi connectivity index (χ3n) is 2.38. The summed E-state index contributed by atoms with van der Waals surface area (Å²) in [5.41, 5.74) is 0.798. The van der Waals surface area contributed by atoms with E-state index in [1.54, 1.807) is 12.1 Å². The molecule has 0 aromatic heterocycles. The van der Waals surface area contributed by atoms with E-state index in [4.69, 9.17) is 0 Å². The Kier molecular flexibility index (Phi) is 4.95. The summed E-state index contributed by atoms with van der Waals surface area (Å²) in [5, 5.41) is 3.75. The van der Waals surface area contributed by atoms with Gasteiger partial charge in [-0.2, -0.15) is 13.5 Å². The standard InChI is InChI=1S/C13H10Br2N2O2S/c14-11-3-1-10(2-4-11)9-16-17-20(18,19)13-7-5-12(15)6-8-13/h1-9,17H. The van der Waals surface area contributed by atoms with E-state index in [-0.39, 0.29) is 4.90 Å².